The van der Waals surface area contributed by atoms with Crippen LogP contribution in [0.2, 0.25) is 0 Å². The Hall–Kier alpha value is -1.31. The number of halogens is 1. The molecule has 6 heteroatoms. The molecule has 112 valence electrons. The van der Waals surface area contributed by atoms with Gasteiger partial charge >= 0.3 is 6.09 Å². The second kappa shape index (κ2) is 4.59. The number of carbonyl (C=O) groups is 2. The van der Waals surface area contributed by atoms with Gasteiger partial charge in [-0.25, -0.2) is 4.79 Å². The van der Waals surface area contributed by atoms with Gasteiger partial charge in [-0.2, -0.15) is 0 Å². The van der Waals surface area contributed by atoms with Crippen molar-refractivity contribution in [3.05, 3.63) is 27.3 Å². The number of amides is 2. The minimum absolute atomic E-state index is 0.0284. The van der Waals surface area contributed by atoms with Crippen LogP contribution >= 0.6 is 22.6 Å². The van der Waals surface area contributed by atoms with E-state index in [-0.39, 0.29) is 12.0 Å². The molecule has 0 atom stereocenters. The molecule has 0 radical (unpaired) electrons. The van der Waals surface area contributed by atoms with Gasteiger partial charge in [-0.1, -0.05) is 0 Å². The molecule has 0 unspecified atom stereocenters. The number of hydrogen-bond donors (Lipinski definition) is 1. The van der Waals surface area contributed by atoms with Crippen molar-refractivity contribution >= 4 is 40.3 Å². The molecule has 2 amide bonds. The van der Waals surface area contributed by atoms with E-state index in [1.54, 1.807) is 4.90 Å². The quantitative estimate of drug-likeness (QED) is 0.682. The zero-order valence-corrected chi connectivity index (χ0v) is 14.4. The van der Waals surface area contributed by atoms with Gasteiger partial charge in [0.25, 0.3) is 0 Å². The van der Waals surface area contributed by atoms with Crippen LogP contribution in [-0.4, -0.2) is 35.6 Å². The van der Waals surface area contributed by atoms with E-state index in [2.05, 4.69) is 27.9 Å². The largest absolute Gasteiger partial charge is 0.444 e. The normalized spacial score (nSPS) is 19.0. The van der Waals surface area contributed by atoms with Gasteiger partial charge in [-0.15, -0.1) is 0 Å². The summed E-state index contributed by atoms with van der Waals surface area (Å²) in [5.41, 5.74) is 0.710. The number of fused-ring (bicyclic) bond motifs is 2. The highest BCUT2D eigenvalue weighted by Gasteiger charge is 2.57. The Morgan fingerprint density at radius 3 is 2.67 bits per heavy atom. The number of ether oxygens (including phenoxy) is 1. The van der Waals surface area contributed by atoms with E-state index in [1.807, 2.05) is 39.0 Å². The summed E-state index contributed by atoms with van der Waals surface area (Å²) in [4.78, 5) is 25.9. The van der Waals surface area contributed by atoms with Gasteiger partial charge in [0.15, 0.2) is 0 Å². The third-order valence-electron chi connectivity index (χ3n) is 3.75. The van der Waals surface area contributed by atoms with E-state index in [0.29, 0.717) is 13.1 Å². The molecule has 2 aliphatic rings. The first-order chi connectivity index (χ1) is 9.71. The highest BCUT2D eigenvalue weighted by molar-refractivity contribution is 14.1. The lowest BCUT2D eigenvalue weighted by molar-refractivity contribution is -0.126. The predicted octanol–water partition coefficient (Wildman–Crippen LogP) is 2.73. The van der Waals surface area contributed by atoms with Crippen LogP contribution in [0.1, 0.15) is 26.3 Å². The standard InChI is InChI=1S/C15H17IN2O3/c1-14(2,3)21-13(20)18-7-15(8-18)10-6-9(16)4-5-11(10)17-12(15)19/h4-6H,7-8H2,1-3H3,(H,17,19). The van der Waals surface area contributed by atoms with E-state index < -0.39 is 11.0 Å². The highest BCUT2D eigenvalue weighted by Crippen LogP contribution is 2.45. The van der Waals surface area contributed by atoms with E-state index >= 15 is 0 Å². The molecule has 1 fully saturated rings. The van der Waals surface area contributed by atoms with Crippen molar-refractivity contribution in [1.82, 2.24) is 4.90 Å². The van der Waals surface area contributed by atoms with Crippen molar-refractivity contribution in [3.63, 3.8) is 0 Å². The molecular formula is C15H17IN2O3. The number of nitrogens with one attached hydrogen (secondary N) is 1. The van der Waals surface area contributed by atoms with Crippen LogP contribution < -0.4 is 5.32 Å². The molecule has 3 rings (SSSR count). The van der Waals surface area contributed by atoms with Gasteiger partial charge in [0.1, 0.15) is 11.0 Å². The number of anilines is 1. The summed E-state index contributed by atoms with van der Waals surface area (Å²) >= 11 is 2.23. The Bertz CT molecular complexity index is 630. The van der Waals surface area contributed by atoms with Gasteiger partial charge < -0.3 is 15.0 Å². The predicted molar refractivity (Wildman–Crippen MR) is 87.3 cm³/mol. The summed E-state index contributed by atoms with van der Waals surface area (Å²) in [6, 6.07) is 5.89. The molecule has 0 saturated carbocycles. The Morgan fingerprint density at radius 2 is 2.05 bits per heavy atom. The molecule has 21 heavy (non-hydrogen) atoms. The fourth-order valence-corrected chi connectivity index (χ4v) is 3.25. The molecule has 0 aromatic heterocycles. The van der Waals surface area contributed by atoms with Crippen LogP contribution in [0, 0.1) is 3.57 Å². The van der Waals surface area contributed by atoms with Crippen molar-refractivity contribution in [3.8, 4) is 0 Å². The summed E-state index contributed by atoms with van der Waals surface area (Å²) in [6.45, 7) is 6.25. The molecule has 5 nitrogen and oxygen atoms in total. The maximum atomic E-state index is 12.3. The van der Waals surface area contributed by atoms with Gasteiger partial charge in [0.05, 0.1) is 0 Å². The molecule has 1 spiro atoms. The topological polar surface area (TPSA) is 58.6 Å². The number of carbonyl (C=O) groups excluding carboxylic acids is 2. The number of rotatable bonds is 0. The van der Waals surface area contributed by atoms with E-state index in [4.69, 9.17) is 4.74 Å². The van der Waals surface area contributed by atoms with Crippen LogP contribution in [0.15, 0.2) is 18.2 Å². The van der Waals surface area contributed by atoms with Gasteiger partial charge in [-0.3, -0.25) is 4.79 Å². The molecule has 1 aromatic carbocycles. The fraction of sp³-hybridized carbons (Fsp3) is 0.467. The van der Waals surface area contributed by atoms with Crippen molar-refractivity contribution < 1.29 is 14.3 Å². The van der Waals surface area contributed by atoms with Crippen LogP contribution in [0.3, 0.4) is 0 Å². The first kappa shape index (κ1) is 14.6. The number of benzene rings is 1. The number of nitrogens with zero attached hydrogens (tertiary/aromatic N) is 1. The molecule has 0 bridgehead atoms. The maximum Gasteiger partial charge on any atom is 0.410 e. The lowest BCUT2D eigenvalue weighted by atomic mass is 9.75. The first-order valence-corrected chi connectivity index (χ1v) is 7.89. The summed E-state index contributed by atoms with van der Waals surface area (Å²) in [5, 5.41) is 2.90. The van der Waals surface area contributed by atoms with Crippen LogP contribution in [0.5, 0.6) is 0 Å². The van der Waals surface area contributed by atoms with Crippen molar-refractivity contribution in [2.45, 2.75) is 31.8 Å². The highest BCUT2D eigenvalue weighted by atomic mass is 127. The number of hydrogen-bond acceptors (Lipinski definition) is 3. The maximum absolute atomic E-state index is 12.3. The molecule has 1 saturated heterocycles. The average molecular weight is 400 g/mol. The molecule has 2 aliphatic heterocycles. The third kappa shape index (κ3) is 2.39. The van der Waals surface area contributed by atoms with Gasteiger partial charge in [0, 0.05) is 22.3 Å². The molecule has 0 aliphatic carbocycles. The minimum atomic E-state index is -0.604. The van der Waals surface area contributed by atoms with Gasteiger partial charge in [-0.05, 0) is 67.1 Å². The summed E-state index contributed by atoms with van der Waals surface area (Å²) in [7, 11) is 0. The van der Waals surface area contributed by atoms with E-state index in [1.165, 1.54) is 0 Å². The second-order valence-corrected chi connectivity index (χ2v) is 7.81. The third-order valence-corrected chi connectivity index (χ3v) is 4.42. The zero-order valence-electron chi connectivity index (χ0n) is 12.2. The summed E-state index contributed by atoms with van der Waals surface area (Å²) < 4.78 is 6.43. The number of likely N-dealkylation sites (tertiary alicyclic amines) is 1. The smallest absolute Gasteiger partial charge is 0.410 e. The minimum Gasteiger partial charge on any atom is -0.444 e. The van der Waals surface area contributed by atoms with Crippen LogP contribution in [0.4, 0.5) is 10.5 Å². The first-order valence-electron chi connectivity index (χ1n) is 6.81. The van der Waals surface area contributed by atoms with Crippen molar-refractivity contribution in [2.24, 2.45) is 0 Å². The van der Waals surface area contributed by atoms with Gasteiger partial charge in [0.2, 0.25) is 5.91 Å². The van der Waals surface area contributed by atoms with E-state index in [0.717, 1.165) is 14.8 Å². The SMILES string of the molecule is CC(C)(C)OC(=O)N1CC2(C1)C(=O)Nc1ccc(I)cc12. The average Bonchev–Trinajstić information content (AvgIpc) is 2.56. The Labute approximate surface area is 137 Å². The fourth-order valence-electron chi connectivity index (χ4n) is 2.76. The molecule has 2 heterocycles. The molecule has 1 N–H and O–H groups in total. The lowest BCUT2D eigenvalue weighted by Gasteiger charge is -2.46. The van der Waals surface area contributed by atoms with E-state index in [9.17, 15) is 9.59 Å². The Morgan fingerprint density at radius 1 is 1.38 bits per heavy atom. The summed E-state index contributed by atoms with van der Waals surface area (Å²) in [5.74, 6) is -0.0284. The van der Waals surface area contributed by atoms with Crippen molar-refractivity contribution in [1.29, 1.82) is 0 Å². The Kier molecular flexibility index (Phi) is 3.20. The van der Waals surface area contributed by atoms with Crippen molar-refractivity contribution in [2.75, 3.05) is 18.4 Å². The summed E-state index contributed by atoms with van der Waals surface area (Å²) in [6.07, 6.45) is -0.361. The Balaban J connectivity index is 1.80. The molecule has 1 aromatic rings. The van der Waals surface area contributed by atoms with Crippen LogP contribution in [-0.2, 0) is 14.9 Å². The molecular weight excluding hydrogens is 383 g/mol. The second-order valence-electron chi connectivity index (χ2n) is 6.56. The monoisotopic (exact) mass is 400 g/mol. The lowest BCUT2D eigenvalue weighted by Crippen LogP contribution is -2.64. The zero-order chi connectivity index (χ0) is 15.4. The van der Waals surface area contributed by atoms with Crippen LogP contribution in [0.25, 0.3) is 0 Å².